The van der Waals surface area contributed by atoms with Crippen molar-refractivity contribution in [3.63, 3.8) is 0 Å². The smallest absolute Gasteiger partial charge is 0.252 e. The maximum Gasteiger partial charge on any atom is 0.252 e. The number of nitrogens with one attached hydrogen (secondary N) is 3. The van der Waals surface area contributed by atoms with Gasteiger partial charge < -0.3 is 15.6 Å². The largest absolute Gasteiger partial charge is 0.351 e. The van der Waals surface area contributed by atoms with Crippen molar-refractivity contribution in [2.45, 2.75) is 19.8 Å². The molecular formula is C15H20N4O. The molecule has 1 aliphatic rings. The van der Waals surface area contributed by atoms with Gasteiger partial charge in [0, 0.05) is 24.3 Å². The van der Waals surface area contributed by atoms with Crippen LogP contribution in [0.1, 0.15) is 30.1 Å². The van der Waals surface area contributed by atoms with Crippen molar-refractivity contribution in [1.82, 2.24) is 20.6 Å². The van der Waals surface area contributed by atoms with Crippen LogP contribution in [0.15, 0.2) is 24.5 Å². The zero-order valence-electron chi connectivity index (χ0n) is 11.7. The topological polar surface area (TPSA) is 69.8 Å². The second kappa shape index (κ2) is 5.25. The van der Waals surface area contributed by atoms with Crippen molar-refractivity contribution >= 4 is 16.9 Å². The van der Waals surface area contributed by atoms with E-state index >= 15 is 0 Å². The van der Waals surface area contributed by atoms with Gasteiger partial charge in [-0.2, -0.15) is 0 Å². The Morgan fingerprint density at radius 2 is 2.20 bits per heavy atom. The van der Waals surface area contributed by atoms with Gasteiger partial charge in [0.25, 0.3) is 5.91 Å². The lowest BCUT2D eigenvalue weighted by Gasteiger charge is -2.34. The van der Waals surface area contributed by atoms with Crippen LogP contribution in [0.25, 0.3) is 11.0 Å². The summed E-state index contributed by atoms with van der Waals surface area (Å²) in [5, 5.41) is 7.31. The summed E-state index contributed by atoms with van der Waals surface area (Å²) in [6.07, 6.45) is 5.68. The van der Waals surface area contributed by atoms with Crippen LogP contribution in [-0.2, 0) is 0 Å². The number of carbonyl (C=O) groups excluding carboxylic acids is 1. The van der Waals surface area contributed by atoms with Crippen LogP contribution in [0.2, 0.25) is 0 Å². The first-order valence-corrected chi connectivity index (χ1v) is 7.09. The third-order valence-corrected chi connectivity index (χ3v) is 4.19. The van der Waals surface area contributed by atoms with E-state index in [0.717, 1.165) is 43.5 Å². The van der Waals surface area contributed by atoms with Crippen molar-refractivity contribution in [3.05, 3.63) is 30.1 Å². The first-order chi connectivity index (χ1) is 9.68. The monoisotopic (exact) mass is 272 g/mol. The molecule has 106 valence electrons. The fourth-order valence-corrected chi connectivity index (χ4v) is 2.75. The van der Waals surface area contributed by atoms with Crippen LogP contribution in [0, 0.1) is 5.41 Å². The molecule has 20 heavy (non-hydrogen) atoms. The summed E-state index contributed by atoms with van der Waals surface area (Å²) >= 11 is 0. The van der Waals surface area contributed by atoms with E-state index in [1.807, 2.05) is 12.3 Å². The number of piperidine rings is 1. The van der Waals surface area contributed by atoms with E-state index in [1.165, 1.54) is 0 Å². The molecule has 0 unspecified atom stereocenters. The van der Waals surface area contributed by atoms with E-state index in [1.54, 1.807) is 12.3 Å². The van der Waals surface area contributed by atoms with Gasteiger partial charge in [0.1, 0.15) is 5.65 Å². The Hall–Kier alpha value is -1.88. The number of pyridine rings is 1. The van der Waals surface area contributed by atoms with Crippen LogP contribution >= 0.6 is 0 Å². The molecule has 0 radical (unpaired) electrons. The van der Waals surface area contributed by atoms with Gasteiger partial charge in [-0.1, -0.05) is 6.92 Å². The highest BCUT2D eigenvalue weighted by Gasteiger charge is 2.27. The van der Waals surface area contributed by atoms with E-state index in [4.69, 9.17) is 0 Å². The van der Waals surface area contributed by atoms with Crippen LogP contribution in [0.4, 0.5) is 0 Å². The van der Waals surface area contributed by atoms with Crippen molar-refractivity contribution in [2.24, 2.45) is 5.41 Å². The normalized spacial score (nSPS) is 18.1. The highest BCUT2D eigenvalue weighted by Crippen LogP contribution is 2.27. The van der Waals surface area contributed by atoms with Gasteiger partial charge in [-0.05, 0) is 43.5 Å². The van der Waals surface area contributed by atoms with Crippen LogP contribution < -0.4 is 10.6 Å². The average Bonchev–Trinajstić information content (AvgIpc) is 2.94. The van der Waals surface area contributed by atoms with Gasteiger partial charge in [0.05, 0.1) is 5.56 Å². The number of amides is 1. The summed E-state index contributed by atoms with van der Waals surface area (Å²) in [7, 11) is 0. The number of rotatable bonds is 3. The molecule has 3 rings (SSSR count). The summed E-state index contributed by atoms with van der Waals surface area (Å²) in [6, 6.07) is 3.67. The lowest BCUT2D eigenvalue weighted by molar-refractivity contribution is 0.0924. The zero-order valence-corrected chi connectivity index (χ0v) is 11.7. The third-order valence-electron chi connectivity index (χ3n) is 4.19. The quantitative estimate of drug-likeness (QED) is 0.796. The van der Waals surface area contributed by atoms with Gasteiger partial charge >= 0.3 is 0 Å². The molecule has 1 amide bonds. The summed E-state index contributed by atoms with van der Waals surface area (Å²) in [5.74, 6) is -0.0169. The molecule has 3 heterocycles. The first-order valence-electron chi connectivity index (χ1n) is 7.09. The van der Waals surface area contributed by atoms with Crippen molar-refractivity contribution < 1.29 is 4.79 Å². The second-order valence-corrected chi connectivity index (χ2v) is 5.84. The third kappa shape index (κ3) is 2.54. The van der Waals surface area contributed by atoms with Gasteiger partial charge in [-0.3, -0.25) is 4.79 Å². The number of H-pyrrole nitrogens is 1. The van der Waals surface area contributed by atoms with Gasteiger partial charge in [0.15, 0.2) is 0 Å². The Balaban J connectivity index is 1.71. The number of aromatic nitrogens is 2. The Morgan fingerprint density at radius 1 is 1.40 bits per heavy atom. The predicted molar refractivity (Wildman–Crippen MR) is 78.6 cm³/mol. The zero-order chi connectivity index (χ0) is 14.0. The average molecular weight is 272 g/mol. The van der Waals surface area contributed by atoms with Crippen molar-refractivity contribution in [3.8, 4) is 0 Å². The molecule has 0 atom stereocenters. The summed E-state index contributed by atoms with van der Waals surface area (Å²) in [5.41, 5.74) is 1.64. The molecule has 0 spiro atoms. The Bertz CT molecular complexity index is 613. The molecule has 2 aromatic rings. The summed E-state index contributed by atoms with van der Waals surface area (Å²) in [4.78, 5) is 19.6. The van der Waals surface area contributed by atoms with Gasteiger partial charge in [0.2, 0.25) is 0 Å². The lowest BCUT2D eigenvalue weighted by atomic mass is 9.81. The van der Waals surface area contributed by atoms with Crippen LogP contribution in [-0.4, -0.2) is 35.5 Å². The Kier molecular flexibility index (Phi) is 3.44. The molecular weight excluding hydrogens is 252 g/mol. The minimum Gasteiger partial charge on any atom is -0.351 e. The second-order valence-electron chi connectivity index (χ2n) is 5.84. The molecule has 0 bridgehead atoms. The first kappa shape index (κ1) is 13.1. The number of aromatic amines is 1. The molecule has 1 fully saturated rings. The summed E-state index contributed by atoms with van der Waals surface area (Å²) < 4.78 is 0. The molecule has 1 aliphatic heterocycles. The van der Waals surface area contributed by atoms with E-state index < -0.39 is 0 Å². The van der Waals surface area contributed by atoms with E-state index in [0.29, 0.717) is 5.56 Å². The number of nitrogens with zero attached hydrogens (tertiary/aromatic N) is 1. The standard InChI is InChI=1S/C15H20N4O/c1-15(4-8-16-9-5-15)10-19-14(20)12-3-7-18-13-11(12)2-6-17-13/h2-3,6-7,16H,4-5,8-10H2,1H3,(H,17,18)(H,19,20). The minimum atomic E-state index is -0.0169. The number of hydrogen-bond acceptors (Lipinski definition) is 3. The molecule has 5 heteroatoms. The highest BCUT2D eigenvalue weighted by molar-refractivity contribution is 6.05. The molecule has 3 N–H and O–H groups in total. The minimum absolute atomic E-state index is 0.0169. The number of fused-ring (bicyclic) bond motifs is 1. The summed E-state index contributed by atoms with van der Waals surface area (Å²) in [6.45, 7) is 5.03. The van der Waals surface area contributed by atoms with Crippen LogP contribution in [0.3, 0.4) is 0 Å². The Labute approximate surface area is 118 Å². The molecule has 0 aliphatic carbocycles. The maximum atomic E-state index is 12.4. The molecule has 0 saturated carbocycles. The van der Waals surface area contributed by atoms with Gasteiger partial charge in [-0.15, -0.1) is 0 Å². The lowest BCUT2D eigenvalue weighted by Crippen LogP contribution is -2.42. The number of carbonyl (C=O) groups is 1. The molecule has 1 saturated heterocycles. The van der Waals surface area contributed by atoms with Crippen molar-refractivity contribution in [2.75, 3.05) is 19.6 Å². The molecule has 5 nitrogen and oxygen atoms in total. The fourth-order valence-electron chi connectivity index (χ4n) is 2.75. The number of hydrogen-bond donors (Lipinski definition) is 3. The maximum absolute atomic E-state index is 12.4. The predicted octanol–water partition coefficient (Wildman–Crippen LogP) is 1.68. The van der Waals surface area contributed by atoms with E-state index in [-0.39, 0.29) is 11.3 Å². The fraction of sp³-hybridized carbons (Fsp3) is 0.467. The van der Waals surface area contributed by atoms with E-state index in [9.17, 15) is 4.79 Å². The SMILES string of the molecule is CC1(CNC(=O)c2ccnc3[nH]ccc23)CCNCC1. The highest BCUT2D eigenvalue weighted by atomic mass is 16.1. The van der Waals surface area contributed by atoms with Crippen LogP contribution in [0.5, 0.6) is 0 Å². The Morgan fingerprint density at radius 3 is 3.00 bits per heavy atom. The van der Waals surface area contributed by atoms with Gasteiger partial charge in [-0.25, -0.2) is 4.98 Å². The van der Waals surface area contributed by atoms with Crippen molar-refractivity contribution in [1.29, 1.82) is 0 Å². The molecule has 0 aromatic carbocycles. The molecule has 2 aromatic heterocycles. The van der Waals surface area contributed by atoms with E-state index in [2.05, 4.69) is 27.5 Å².